The fraction of sp³-hybridized carbons (Fsp3) is 0.600. The average molecular weight is 595 g/mol. The molecule has 12 nitrogen and oxygen atoms in total. The highest BCUT2D eigenvalue weighted by atomic mass is 16.8. The Kier molecular flexibility index (Phi) is 11.5. The molecule has 2 saturated heterocycles. The minimum atomic E-state index is -1.96. The lowest BCUT2D eigenvalue weighted by atomic mass is 9.97. The third-order valence-electron chi connectivity index (χ3n) is 7.89. The minimum Gasteiger partial charge on any atom is -0.508 e. The standard InChI is InChI=1S/C30H42O12/c31-15-23-24(35)25(36)26(42-29-27(37)30(38,16-32)17-39-29)28(41-23)40-22(14-9-19-7-12-21(34)13-8-19)4-2-1-3-18-5-10-20(33)11-6-18/h5-8,10-13,22-29,31-38H,1-4,9,14-17H2/t22-,23+,24+,25-,26+,27-,28+,29-,30+/m0/s1. The van der Waals surface area contributed by atoms with Crippen LogP contribution in [0, 0.1) is 0 Å². The molecule has 0 spiro atoms. The Hall–Kier alpha value is -2.36. The first kappa shape index (κ1) is 32.6. The Bertz CT molecular complexity index is 1080. The molecule has 0 aliphatic carbocycles. The molecule has 8 N–H and O–H groups in total. The molecule has 234 valence electrons. The van der Waals surface area contributed by atoms with Gasteiger partial charge in [0.15, 0.2) is 12.6 Å². The highest BCUT2D eigenvalue weighted by Crippen LogP contribution is 2.32. The quantitative estimate of drug-likeness (QED) is 0.137. The maximum Gasteiger partial charge on any atom is 0.187 e. The SMILES string of the molecule is OC[C@H]1O[C@@H](O[C@@H](CCCCc2ccc(O)cc2)CCc2ccc(O)cc2)[C@H](O[C@@H]2OC[C@](O)(CO)[C@H]2O)[C@@H](O)[C@@H]1O. The van der Waals surface area contributed by atoms with Crippen molar-refractivity contribution in [2.45, 2.75) is 93.3 Å². The zero-order valence-corrected chi connectivity index (χ0v) is 23.3. The zero-order valence-electron chi connectivity index (χ0n) is 23.3. The highest BCUT2D eigenvalue weighted by Gasteiger charge is 2.53. The van der Waals surface area contributed by atoms with Crippen molar-refractivity contribution in [3.05, 3.63) is 59.7 Å². The Morgan fingerprint density at radius 3 is 2.00 bits per heavy atom. The minimum absolute atomic E-state index is 0.156. The normalized spacial score (nSPS) is 32.2. The van der Waals surface area contributed by atoms with Crippen molar-refractivity contribution in [3.63, 3.8) is 0 Å². The molecular weight excluding hydrogens is 552 g/mol. The molecule has 2 aliphatic heterocycles. The van der Waals surface area contributed by atoms with Gasteiger partial charge in [0.2, 0.25) is 0 Å². The molecule has 2 aromatic rings. The lowest BCUT2D eigenvalue weighted by molar-refractivity contribution is -0.344. The Morgan fingerprint density at radius 2 is 1.43 bits per heavy atom. The predicted octanol–water partition coefficient (Wildman–Crippen LogP) is 0.0934. The molecule has 0 saturated carbocycles. The Balaban J connectivity index is 1.46. The summed E-state index contributed by atoms with van der Waals surface area (Å²) in [6.45, 7) is -1.79. The lowest BCUT2D eigenvalue weighted by Crippen LogP contribution is -2.62. The number of aliphatic hydroxyl groups excluding tert-OH is 5. The summed E-state index contributed by atoms with van der Waals surface area (Å²) in [6, 6.07) is 13.8. The summed E-state index contributed by atoms with van der Waals surface area (Å²) in [6.07, 6.45) is -6.32. The van der Waals surface area contributed by atoms with Gasteiger partial charge in [-0.05, 0) is 67.5 Å². The largest absolute Gasteiger partial charge is 0.508 e. The molecule has 0 amide bonds. The summed E-state index contributed by atoms with van der Waals surface area (Å²) < 4.78 is 23.3. The molecule has 2 fully saturated rings. The summed E-state index contributed by atoms with van der Waals surface area (Å²) in [5.74, 6) is 0.360. The lowest BCUT2D eigenvalue weighted by Gasteiger charge is -2.43. The van der Waals surface area contributed by atoms with Gasteiger partial charge in [-0.2, -0.15) is 0 Å². The smallest absolute Gasteiger partial charge is 0.187 e. The number of rotatable bonds is 14. The fourth-order valence-corrected chi connectivity index (χ4v) is 5.20. The number of unbranched alkanes of at least 4 members (excludes halogenated alkanes) is 1. The molecule has 0 aromatic heterocycles. The van der Waals surface area contributed by atoms with E-state index in [4.69, 9.17) is 18.9 Å². The molecule has 12 heteroatoms. The Morgan fingerprint density at radius 1 is 0.810 bits per heavy atom. The van der Waals surface area contributed by atoms with Crippen LogP contribution in [0.1, 0.15) is 36.8 Å². The van der Waals surface area contributed by atoms with E-state index in [1.54, 1.807) is 24.3 Å². The third kappa shape index (κ3) is 8.17. The van der Waals surface area contributed by atoms with Crippen molar-refractivity contribution in [1.29, 1.82) is 0 Å². The van der Waals surface area contributed by atoms with Crippen LogP contribution in [-0.2, 0) is 31.8 Å². The predicted molar refractivity (Wildman–Crippen MR) is 147 cm³/mol. The van der Waals surface area contributed by atoms with Crippen molar-refractivity contribution < 1.29 is 59.8 Å². The van der Waals surface area contributed by atoms with Crippen molar-refractivity contribution >= 4 is 0 Å². The first-order valence-corrected chi connectivity index (χ1v) is 14.3. The van der Waals surface area contributed by atoms with E-state index < -0.39 is 74.6 Å². The van der Waals surface area contributed by atoms with Crippen LogP contribution in [0.5, 0.6) is 11.5 Å². The van der Waals surface area contributed by atoms with Gasteiger partial charge in [0.1, 0.15) is 47.6 Å². The van der Waals surface area contributed by atoms with Crippen LogP contribution < -0.4 is 0 Å². The molecule has 4 rings (SSSR count). The van der Waals surface area contributed by atoms with E-state index in [0.29, 0.717) is 19.3 Å². The van der Waals surface area contributed by atoms with Crippen molar-refractivity contribution in [3.8, 4) is 11.5 Å². The van der Waals surface area contributed by atoms with Crippen LogP contribution in [0.25, 0.3) is 0 Å². The second-order valence-corrected chi connectivity index (χ2v) is 11.1. The van der Waals surface area contributed by atoms with Crippen LogP contribution >= 0.6 is 0 Å². The van der Waals surface area contributed by atoms with E-state index in [1.165, 1.54) is 0 Å². The summed E-state index contributed by atoms with van der Waals surface area (Å²) in [5.41, 5.74) is 0.0920. The number of hydrogen-bond acceptors (Lipinski definition) is 12. The van der Waals surface area contributed by atoms with Crippen molar-refractivity contribution in [2.75, 3.05) is 19.8 Å². The van der Waals surface area contributed by atoms with E-state index in [9.17, 15) is 40.9 Å². The number of phenols is 2. The first-order chi connectivity index (χ1) is 20.1. The van der Waals surface area contributed by atoms with Crippen LogP contribution in [0.4, 0.5) is 0 Å². The molecule has 0 radical (unpaired) electrons. The van der Waals surface area contributed by atoms with Crippen molar-refractivity contribution in [2.24, 2.45) is 0 Å². The molecule has 0 bridgehead atoms. The molecule has 2 aromatic carbocycles. The number of aliphatic hydroxyl groups is 6. The summed E-state index contributed by atoms with van der Waals surface area (Å²) in [5, 5.41) is 80.6. The van der Waals surface area contributed by atoms with Crippen LogP contribution in [0.2, 0.25) is 0 Å². The number of benzene rings is 2. The van der Waals surface area contributed by atoms with Gasteiger partial charge in [0, 0.05) is 0 Å². The number of aromatic hydroxyl groups is 2. The molecule has 9 atom stereocenters. The third-order valence-corrected chi connectivity index (χ3v) is 7.89. The average Bonchev–Trinajstić information content (AvgIpc) is 3.28. The number of aryl methyl sites for hydroxylation is 2. The van der Waals surface area contributed by atoms with E-state index in [-0.39, 0.29) is 11.5 Å². The van der Waals surface area contributed by atoms with Gasteiger partial charge in [0.25, 0.3) is 0 Å². The van der Waals surface area contributed by atoms with E-state index in [0.717, 1.165) is 30.4 Å². The first-order valence-electron chi connectivity index (χ1n) is 14.3. The molecular formula is C30H42O12. The maximum absolute atomic E-state index is 10.9. The topological polar surface area (TPSA) is 199 Å². The van der Waals surface area contributed by atoms with Gasteiger partial charge in [-0.3, -0.25) is 0 Å². The Labute approximate surface area is 244 Å². The maximum atomic E-state index is 10.9. The fourth-order valence-electron chi connectivity index (χ4n) is 5.20. The van der Waals surface area contributed by atoms with Gasteiger partial charge >= 0.3 is 0 Å². The van der Waals surface area contributed by atoms with Gasteiger partial charge in [0.05, 0.1) is 25.9 Å². The second kappa shape index (κ2) is 14.9. The van der Waals surface area contributed by atoms with E-state index in [2.05, 4.69) is 0 Å². The monoisotopic (exact) mass is 594 g/mol. The molecule has 0 unspecified atom stereocenters. The molecule has 2 heterocycles. The van der Waals surface area contributed by atoms with Crippen LogP contribution in [0.3, 0.4) is 0 Å². The van der Waals surface area contributed by atoms with Gasteiger partial charge in [-0.15, -0.1) is 0 Å². The molecule has 42 heavy (non-hydrogen) atoms. The van der Waals surface area contributed by atoms with Crippen molar-refractivity contribution in [1.82, 2.24) is 0 Å². The highest BCUT2D eigenvalue weighted by molar-refractivity contribution is 5.26. The van der Waals surface area contributed by atoms with Gasteiger partial charge in [-0.1, -0.05) is 30.7 Å². The van der Waals surface area contributed by atoms with Crippen LogP contribution in [-0.4, -0.2) is 115 Å². The van der Waals surface area contributed by atoms with E-state index >= 15 is 0 Å². The zero-order chi connectivity index (χ0) is 30.3. The summed E-state index contributed by atoms with van der Waals surface area (Å²) in [4.78, 5) is 0. The van der Waals surface area contributed by atoms with Gasteiger partial charge < -0.3 is 59.8 Å². The second-order valence-electron chi connectivity index (χ2n) is 11.1. The van der Waals surface area contributed by atoms with Gasteiger partial charge in [-0.25, -0.2) is 0 Å². The van der Waals surface area contributed by atoms with Crippen LogP contribution in [0.15, 0.2) is 48.5 Å². The number of phenolic OH excluding ortho intramolecular Hbond substituents is 2. The number of hydrogen-bond donors (Lipinski definition) is 8. The van der Waals surface area contributed by atoms with E-state index in [1.807, 2.05) is 24.3 Å². The molecule has 2 aliphatic rings. The number of ether oxygens (including phenoxy) is 4. The summed E-state index contributed by atoms with van der Waals surface area (Å²) in [7, 11) is 0. The summed E-state index contributed by atoms with van der Waals surface area (Å²) >= 11 is 0.